The van der Waals surface area contributed by atoms with Gasteiger partial charge in [0.25, 0.3) is 0 Å². The van der Waals surface area contributed by atoms with E-state index in [0.29, 0.717) is 12.1 Å². The molecule has 1 aliphatic rings. The molecule has 1 saturated heterocycles. The second kappa shape index (κ2) is 6.44. The first-order valence-electron chi connectivity index (χ1n) is 8.31. The van der Waals surface area contributed by atoms with Crippen LogP contribution in [0.5, 0.6) is 0 Å². The molecule has 2 aromatic carbocycles. The van der Waals surface area contributed by atoms with Gasteiger partial charge in [0.2, 0.25) is 0 Å². The summed E-state index contributed by atoms with van der Waals surface area (Å²) in [5.74, 6) is 0. The summed E-state index contributed by atoms with van der Waals surface area (Å²) in [5, 5.41) is 8.84. The third-order valence-corrected chi connectivity index (χ3v) is 6.12. The maximum atomic E-state index is 3.80. The first-order valence-corrected chi connectivity index (χ1v) is 9.13. The van der Waals surface area contributed by atoms with Crippen LogP contribution in [-0.4, -0.2) is 12.6 Å². The molecule has 2 heterocycles. The van der Waals surface area contributed by atoms with Crippen molar-refractivity contribution in [1.82, 2.24) is 10.6 Å². The summed E-state index contributed by atoms with van der Waals surface area (Å²) in [6.45, 7) is 4.29. The zero-order valence-electron chi connectivity index (χ0n) is 13.4. The van der Waals surface area contributed by atoms with Crippen LogP contribution in [0.15, 0.2) is 54.6 Å². The van der Waals surface area contributed by atoms with Crippen LogP contribution in [0.25, 0.3) is 10.1 Å². The van der Waals surface area contributed by atoms with Gasteiger partial charge in [-0.1, -0.05) is 48.5 Å². The number of rotatable bonds is 4. The summed E-state index contributed by atoms with van der Waals surface area (Å²) in [6, 6.07) is 20.4. The van der Waals surface area contributed by atoms with Crippen LogP contribution in [0.1, 0.15) is 28.5 Å². The molecule has 1 aliphatic heterocycles. The lowest BCUT2D eigenvalue weighted by Crippen LogP contribution is -2.33. The minimum atomic E-state index is 0.422. The van der Waals surface area contributed by atoms with Crippen LogP contribution < -0.4 is 10.6 Å². The molecule has 4 rings (SSSR count). The van der Waals surface area contributed by atoms with Gasteiger partial charge in [-0.3, -0.25) is 0 Å². The predicted octanol–water partition coefficient (Wildman–Crippen LogP) is 4.40. The minimum absolute atomic E-state index is 0.422. The van der Waals surface area contributed by atoms with Crippen molar-refractivity contribution in [3.8, 4) is 0 Å². The zero-order valence-corrected chi connectivity index (χ0v) is 14.2. The summed E-state index contributed by atoms with van der Waals surface area (Å²) in [6.07, 6.45) is 1.18. The molecule has 0 radical (unpaired) electrons. The summed E-state index contributed by atoms with van der Waals surface area (Å²) < 4.78 is 1.39. The quantitative estimate of drug-likeness (QED) is 0.744. The van der Waals surface area contributed by atoms with Crippen molar-refractivity contribution in [2.24, 2.45) is 0 Å². The molecule has 0 spiro atoms. The van der Waals surface area contributed by atoms with Crippen molar-refractivity contribution < 1.29 is 0 Å². The van der Waals surface area contributed by atoms with Gasteiger partial charge >= 0.3 is 0 Å². The highest BCUT2D eigenvalue weighted by atomic mass is 32.1. The Hall–Kier alpha value is -1.68. The Balaban J connectivity index is 1.50. The van der Waals surface area contributed by atoms with Gasteiger partial charge in [-0.15, -0.1) is 11.3 Å². The van der Waals surface area contributed by atoms with Crippen molar-refractivity contribution in [2.45, 2.75) is 32.0 Å². The molecule has 23 heavy (non-hydrogen) atoms. The van der Waals surface area contributed by atoms with E-state index in [9.17, 15) is 0 Å². The van der Waals surface area contributed by atoms with E-state index in [0.717, 1.165) is 13.1 Å². The van der Waals surface area contributed by atoms with Gasteiger partial charge in [-0.2, -0.15) is 0 Å². The molecule has 1 aromatic heterocycles. The Morgan fingerprint density at radius 3 is 2.70 bits per heavy atom. The number of nitrogens with one attached hydrogen (secondary N) is 2. The summed E-state index contributed by atoms with van der Waals surface area (Å²) in [4.78, 5) is 1.46. The van der Waals surface area contributed by atoms with E-state index in [2.05, 4.69) is 72.2 Å². The van der Waals surface area contributed by atoms with Crippen LogP contribution in [0.3, 0.4) is 0 Å². The normalized spacial score (nSPS) is 21.1. The molecule has 118 valence electrons. The van der Waals surface area contributed by atoms with Crippen LogP contribution >= 0.6 is 11.3 Å². The minimum Gasteiger partial charge on any atom is -0.309 e. The van der Waals surface area contributed by atoms with Gasteiger partial charge in [-0.05, 0) is 42.5 Å². The maximum Gasteiger partial charge on any atom is 0.0476 e. The van der Waals surface area contributed by atoms with Gasteiger partial charge in [0.1, 0.15) is 0 Å². The molecule has 0 saturated carbocycles. The van der Waals surface area contributed by atoms with E-state index in [1.165, 1.54) is 32.5 Å². The Kier molecular flexibility index (Phi) is 4.17. The Morgan fingerprint density at radius 1 is 1.09 bits per heavy atom. The van der Waals surface area contributed by atoms with E-state index in [4.69, 9.17) is 0 Å². The summed E-state index contributed by atoms with van der Waals surface area (Å²) in [5.41, 5.74) is 2.82. The number of aryl methyl sites for hydroxylation is 1. The van der Waals surface area contributed by atoms with E-state index in [1.54, 1.807) is 0 Å². The molecule has 3 heteroatoms. The average Bonchev–Trinajstić information content (AvgIpc) is 3.19. The fourth-order valence-corrected chi connectivity index (χ4v) is 4.71. The van der Waals surface area contributed by atoms with Gasteiger partial charge in [0.05, 0.1) is 0 Å². The highest BCUT2D eigenvalue weighted by Crippen LogP contribution is 2.31. The molecular formula is C20H22N2S. The lowest BCUT2D eigenvalue weighted by atomic mass is 10.0. The largest absolute Gasteiger partial charge is 0.309 e. The Morgan fingerprint density at radius 2 is 1.87 bits per heavy atom. The van der Waals surface area contributed by atoms with Crippen molar-refractivity contribution in [1.29, 1.82) is 0 Å². The predicted molar refractivity (Wildman–Crippen MR) is 99.0 cm³/mol. The number of thiophene rings is 1. The molecule has 2 N–H and O–H groups in total. The molecule has 2 nitrogen and oxygen atoms in total. The molecule has 0 unspecified atom stereocenters. The highest BCUT2D eigenvalue weighted by molar-refractivity contribution is 7.19. The van der Waals surface area contributed by atoms with E-state index in [1.807, 2.05) is 11.3 Å². The van der Waals surface area contributed by atoms with Crippen LogP contribution in [0.2, 0.25) is 0 Å². The molecule has 0 aliphatic carbocycles. The average molecular weight is 322 g/mol. The Labute approximate surface area is 141 Å². The molecule has 3 aromatic rings. The standard InChI is InChI=1S/C20H22N2S/c1-14-16-9-5-6-10-18(16)23-19(14)13-22-17-11-12-21-20(17)15-7-3-2-4-8-15/h2-10,17,20-22H,11-13H2,1H3/t17-,20-/m1/s1. The molecule has 2 atom stereocenters. The number of benzene rings is 2. The van der Waals surface area contributed by atoms with Crippen molar-refractivity contribution in [3.05, 3.63) is 70.6 Å². The van der Waals surface area contributed by atoms with Crippen molar-refractivity contribution in [3.63, 3.8) is 0 Å². The number of hydrogen-bond donors (Lipinski definition) is 2. The van der Waals surface area contributed by atoms with Crippen LogP contribution in [0.4, 0.5) is 0 Å². The maximum absolute atomic E-state index is 3.80. The third kappa shape index (κ3) is 2.92. The lowest BCUT2D eigenvalue weighted by Gasteiger charge is -2.21. The Bertz CT molecular complexity index is 794. The molecular weight excluding hydrogens is 300 g/mol. The van der Waals surface area contributed by atoms with Gasteiger partial charge in [0.15, 0.2) is 0 Å². The fraction of sp³-hybridized carbons (Fsp3) is 0.300. The molecule has 1 fully saturated rings. The second-order valence-electron chi connectivity index (χ2n) is 6.26. The van der Waals surface area contributed by atoms with Crippen LogP contribution in [-0.2, 0) is 6.54 Å². The van der Waals surface area contributed by atoms with E-state index >= 15 is 0 Å². The van der Waals surface area contributed by atoms with Gasteiger partial charge in [-0.25, -0.2) is 0 Å². The topological polar surface area (TPSA) is 24.1 Å². The molecule has 0 amide bonds. The number of fused-ring (bicyclic) bond motifs is 1. The first kappa shape index (κ1) is 14.9. The van der Waals surface area contributed by atoms with Crippen molar-refractivity contribution >= 4 is 21.4 Å². The highest BCUT2D eigenvalue weighted by Gasteiger charge is 2.27. The summed E-state index contributed by atoms with van der Waals surface area (Å²) >= 11 is 1.92. The second-order valence-corrected chi connectivity index (χ2v) is 7.40. The SMILES string of the molecule is Cc1c(CN[C@@H]2CCN[C@@H]2c2ccccc2)sc2ccccc12. The lowest BCUT2D eigenvalue weighted by molar-refractivity contribution is 0.462. The van der Waals surface area contributed by atoms with Gasteiger partial charge in [0, 0.05) is 28.2 Å². The smallest absolute Gasteiger partial charge is 0.0476 e. The first-order chi connectivity index (χ1) is 11.3. The third-order valence-electron chi connectivity index (χ3n) is 4.85. The van der Waals surface area contributed by atoms with E-state index < -0.39 is 0 Å². The summed E-state index contributed by atoms with van der Waals surface area (Å²) in [7, 11) is 0. The number of hydrogen-bond acceptors (Lipinski definition) is 3. The van der Waals surface area contributed by atoms with Crippen LogP contribution in [0, 0.1) is 6.92 Å². The van der Waals surface area contributed by atoms with E-state index in [-0.39, 0.29) is 0 Å². The molecule has 0 bridgehead atoms. The van der Waals surface area contributed by atoms with Gasteiger partial charge < -0.3 is 10.6 Å². The van der Waals surface area contributed by atoms with Crippen molar-refractivity contribution in [2.75, 3.05) is 6.54 Å². The monoisotopic (exact) mass is 322 g/mol. The fourth-order valence-electron chi connectivity index (χ4n) is 3.55. The zero-order chi connectivity index (χ0) is 15.6.